The average molecular weight is 628 g/mol. The molecule has 0 aliphatic heterocycles. The Kier molecular flexibility index (Phi) is 8.80. The molecule has 1 unspecified atom stereocenters. The van der Waals surface area contributed by atoms with E-state index < -0.39 is 78.4 Å². The topological polar surface area (TPSA) is 9.23 Å². The third kappa shape index (κ3) is 4.38. The van der Waals surface area contributed by atoms with Crippen molar-refractivity contribution in [1.29, 1.82) is 0 Å². The van der Waals surface area contributed by atoms with Gasteiger partial charge in [-0.2, -0.15) is 87.8 Å². The lowest BCUT2D eigenvalue weighted by Crippen LogP contribution is -2.81. The summed E-state index contributed by atoms with van der Waals surface area (Å²) in [5.41, 5.74) is -18.0. The van der Waals surface area contributed by atoms with Crippen LogP contribution >= 0.6 is 0 Å². The van der Waals surface area contributed by atoms with E-state index in [-0.39, 0.29) is 7.11 Å². The molecule has 0 spiro atoms. The van der Waals surface area contributed by atoms with E-state index in [9.17, 15) is 101 Å². The van der Waals surface area contributed by atoms with Crippen LogP contribution < -0.4 is 0 Å². The molecule has 0 fully saturated rings. The van der Waals surface area contributed by atoms with Crippen molar-refractivity contribution >= 4 is 0 Å². The van der Waals surface area contributed by atoms with Gasteiger partial charge < -0.3 is 4.74 Å². The van der Waals surface area contributed by atoms with Crippen LogP contribution in [-0.4, -0.2) is 73.7 Å². The van der Waals surface area contributed by atoms with Gasteiger partial charge in [0.25, 0.3) is 5.92 Å². The number of rotatable bonds is 9. The molecule has 0 radical (unpaired) electrons. The molecule has 24 heteroatoms. The molecule has 0 aromatic heterocycles. The normalized spacial score (nSPS) is 18.0. The first-order chi connectivity index (χ1) is 16.1. The minimum absolute atomic E-state index is 0.232. The van der Waals surface area contributed by atoms with Crippen molar-refractivity contribution < 1.29 is 106 Å². The van der Waals surface area contributed by atoms with Crippen LogP contribution in [0.2, 0.25) is 0 Å². The third-order valence-electron chi connectivity index (χ3n) is 4.88. The number of halogens is 23. The molecule has 230 valence electrons. The Morgan fingerprint density at radius 2 is 0.684 bits per heavy atom. The van der Waals surface area contributed by atoms with E-state index in [0.29, 0.717) is 0 Å². The van der Waals surface area contributed by atoms with E-state index >= 15 is 0 Å². The molecule has 1 atom stereocenters. The zero-order valence-corrected chi connectivity index (χ0v) is 17.0. The van der Waals surface area contributed by atoms with Gasteiger partial charge in [-0.3, -0.25) is 0 Å². The molecular formula is C14H7F23O. The zero-order valence-electron chi connectivity index (χ0n) is 17.0. The molecule has 0 amide bonds. The van der Waals surface area contributed by atoms with Gasteiger partial charge >= 0.3 is 59.5 Å². The minimum Gasteiger partial charge on any atom is -0.384 e. The van der Waals surface area contributed by atoms with Gasteiger partial charge in [-0.25, -0.2) is 13.2 Å². The second-order valence-corrected chi connectivity index (χ2v) is 7.14. The number of alkyl halides is 23. The highest BCUT2D eigenvalue weighted by molar-refractivity contribution is 5.22. The lowest BCUT2D eigenvalue weighted by atomic mass is 9.71. The van der Waals surface area contributed by atoms with Gasteiger partial charge in [-0.15, -0.1) is 0 Å². The smallest absolute Gasteiger partial charge is 0.384 e. The largest absolute Gasteiger partial charge is 0.434 e. The summed E-state index contributed by atoms with van der Waals surface area (Å²) in [6.07, 6.45) is -38.2. The van der Waals surface area contributed by atoms with Crippen LogP contribution in [0.4, 0.5) is 101 Å². The van der Waals surface area contributed by atoms with Crippen molar-refractivity contribution in [3.63, 3.8) is 0 Å². The fourth-order valence-electron chi connectivity index (χ4n) is 2.88. The Morgan fingerprint density at radius 1 is 0.395 bits per heavy atom. The molecule has 0 saturated heterocycles. The van der Waals surface area contributed by atoms with Crippen LogP contribution in [0, 0.1) is 5.41 Å². The number of hydrogen-bond acceptors (Lipinski definition) is 1. The van der Waals surface area contributed by atoms with Crippen LogP contribution in [0.1, 0.15) is 6.42 Å². The maximum absolute atomic E-state index is 14.2. The maximum atomic E-state index is 14.2. The summed E-state index contributed by atoms with van der Waals surface area (Å²) < 4.78 is 310. The molecule has 38 heavy (non-hydrogen) atoms. The monoisotopic (exact) mass is 628 g/mol. The van der Waals surface area contributed by atoms with E-state index in [1.165, 1.54) is 0 Å². The van der Waals surface area contributed by atoms with E-state index in [0.717, 1.165) is 0 Å². The summed E-state index contributed by atoms with van der Waals surface area (Å²) in [6, 6.07) is 0. The Bertz CT molecular complexity index is 789. The first kappa shape index (κ1) is 36.4. The van der Waals surface area contributed by atoms with Gasteiger partial charge in [-0.05, 0) is 0 Å². The second kappa shape index (κ2) is 9.20. The fraction of sp³-hybridized carbons (Fsp3) is 1.00. The van der Waals surface area contributed by atoms with E-state index in [2.05, 4.69) is 4.74 Å². The van der Waals surface area contributed by atoms with Crippen molar-refractivity contribution in [3.8, 4) is 0 Å². The first-order valence-corrected chi connectivity index (χ1v) is 8.40. The van der Waals surface area contributed by atoms with E-state index in [4.69, 9.17) is 0 Å². The van der Waals surface area contributed by atoms with Crippen molar-refractivity contribution in [2.75, 3.05) is 13.7 Å². The molecule has 0 heterocycles. The lowest BCUT2D eigenvalue weighted by Gasteiger charge is -2.49. The molecule has 0 aliphatic carbocycles. The van der Waals surface area contributed by atoms with Crippen molar-refractivity contribution in [2.24, 2.45) is 5.41 Å². The van der Waals surface area contributed by atoms with E-state index in [1.807, 2.05) is 0 Å². The fourth-order valence-corrected chi connectivity index (χ4v) is 2.88. The van der Waals surface area contributed by atoms with Gasteiger partial charge in [0, 0.05) is 13.5 Å². The van der Waals surface area contributed by atoms with Gasteiger partial charge in [0.2, 0.25) is 0 Å². The van der Waals surface area contributed by atoms with Crippen molar-refractivity contribution in [1.82, 2.24) is 0 Å². The highest BCUT2D eigenvalue weighted by Crippen LogP contribution is 2.73. The van der Waals surface area contributed by atoms with Crippen LogP contribution in [0.25, 0.3) is 0 Å². The summed E-state index contributed by atoms with van der Waals surface area (Å²) in [5, 5.41) is 0. The summed E-state index contributed by atoms with van der Waals surface area (Å²) in [5.74, 6) is -45.3. The molecule has 0 N–H and O–H groups in total. The Morgan fingerprint density at radius 3 is 0.921 bits per heavy atom. The Hall–Kier alpha value is -1.65. The van der Waals surface area contributed by atoms with Gasteiger partial charge in [0.15, 0.2) is 0 Å². The average Bonchev–Trinajstić information content (AvgIpc) is 2.60. The van der Waals surface area contributed by atoms with Gasteiger partial charge in [0.05, 0.1) is 6.61 Å². The number of methoxy groups -OCH3 is 1. The van der Waals surface area contributed by atoms with Crippen molar-refractivity contribution in [2.45, 2.75) is 66.4 Å². The molecule has 0 aromatic rings. The molecule has 0 saturated carbocycles. The third-order valence-corrected chi connectivity index (χ3v) is 4.88. The van der Waals surface area contributed by atoms with Gasteiger partial charge in [0.1, 0.15) is 0 Å². The lowest BCUT2D eigenvalue weighted by molar-refractivity contribution is -0.519. The molecule has 1 nitrogen and oxygen atoms in total. The van der Waals surface area contributed by atoms with Crippen LogP contribution in [0.15, 0.2) is 0 Å². The van der Waals surface area contributed by atoms with E-state index in [1.54, 1.807) is 0 Å². The molecule has 0 rings (SSSR count). The van der Waals surface area contributed by atoms with Crippen LogP contribution in [-0.2, 0) is 4.74 Å². The SMILES string of the molecule is COCCC(F)(F)C(F)(C(F)(F)F)C(F)(F)C(F)(F)C(F)(F)C(F)(F)C(C(F)(F)F)(C(F)(F)F)C(F)(F)F. The second-order valence-electron chi connectivity index (χ2n) is 7.14. The summed E-state index contributed by atoms with van der Waals surface area (Å²) in [6.45, 7) is -2.05. The number of ether oxygens (including phenoxy) is 1. The Balaban J connectivity index is 7.88. The minimum atomic E-state index is -9.73. The molecule has 0 aromatic carbocycles. The Labute approximate surface area is 192 Å². The molecule has 0 bridgehead atoms. The molecule has 0 aliphatic rings. The van der Waals surface area contributed by atoms with Crippen LogP contribution in [0.3, 0.4) is 0 Å². The van der Waals surface area contributed by atoms with Crippen molar-refractivity contribution in [3.05, 3.63) is 0 Å². The maximum Gasteiger partial charge on any atom is 0.434 e. The van der Waals surface area contributed by atoms with Gasteiger partial charge in [-0.1, -0.05) is 0 Å². The summed E-state index contributed by atoms with van der Waals surface area (Å²) in [4.78, 5) is 0. The quantitative estimate of drug-likeness (QED) is 0.235. The van der Waals surface area contributed by atoms with Crippen LogP contribution in [0.5, 0.6) is 0 Å². The summed E-state index contributed by atoms with van der Waals surface area (Å²) in [7, 11) is 0.232. The number of hydrogen-bond donors (Lipinski definition) is 0. The highest BCUT2D eigenvalue weighted by Gasteiger charge is 3.03. The zero-order chi connectivity index (χ0) is 31.6. The highest BCUT2D eigenvalue weighted by atomic mass is 19.4. The predicted molar refractivity (Wildman–Crippen MR) is 71.7 cm³/mol. The predicted octanol–water partition coefficient (Wildman–Crippen LogP) is 8.14. The molecular weight excluding hydrogens is 621 g/mol. The first-order valence-electron chi connectivity index (χ1n) is 8.40. The standard InChI is InChI=1S/C14H7F23O/c1-38-3-2-4(15,16)6(17,14(35,36)37)8(20,21)10(24,25)9(22,23)7(18,19)5(11(26,27)28,12(29,30)31)13(32,33)34/h2-3H2,1H3. The summed E-state index contributed by atoms with van der Waals surface area (Å²) >= 11 is 0.